The van der Waals surface area contributed by atoms with Gasteiger partial charge in [-0.15, -0.1) is 0 Å². The molecule has 0 unspecified atom stereocenters. The summed E-state index contributed by atoms with van der Waals surface area (Å²) >= 11 is 0. The van der Waals surface area contributed by atoms with E-state index in [4.69, 9.17) is 4.74 Å². The second kappa shape index (κ2) is 5.30. The molecule has 0 radical (unpaired) electrons. The molecule has 1 aliphatic rings. The maximum atomic E-state index is 12.8. The number of unbranched alkanes of at least 4 members (excludes halogenated alkanes) is 1. The number of aromatic nitrogens is 1. The van der Waals surface area contributed by atoms with Gasteiger partial charge in [-0.25, -0.2) is 0 Å². The first-order valence-electron chi connectivity index (χ1n) is 8.00. The lowest BCUT2D eigenvalue weighted by Crippen LogP contribution is -2.21. The molecule has 1 aliphatic heterocycles. The summed E-state index contributed by atoms with van der Waals surface area (Å²) in [7, 11) is 0. The van der Waals surface area contributed by atoms with Crippen LogP contribution >= 0.6 is 0 Å². The Morgan fingerprint density at radius 2 is 1.83 bits per heavy atom. The van der Waals surface area contributed by atoms with Crippen LogP contribution in [0.3, 0.4) is 0 Å². The predicted octanol–water partition coefficient (Wildman–Crippen LogP) is 3.99. The molecule has 2 N–H and O–H groups in total. The van der Waals surface area contributed by atoms with Crippen molar-refractivity contribution in [2.24, 2.45) is 0 Å². The van der Waals surface area contributed by atoms with Crippen molar-refractivity contribution in [1.82, 2.24) is 4.57 Å². The Morgan fingerprint density at radius 1 is 1.04 bits per heavy atom. The summed E-state index contributed by atoms with van der Waals surface area (Å²) in [5.41, 5.74) is 1.26. The number of pyridine rings is 1. The maximum Gasteiger partial charge on any atom is 0.262 e. The van der Waals surface area contributed by atoms with Gasteiger partial charge in [-0.3, -0.25) is 4.79 Å². The Balaban J connectivity index is 2.11. The van der Waals surface area contributed by atoms with Crippen molar-refractivity contribution in [1.29, 1.82) is 0 Å². The van der Waals surface area contributed by atoms with E-state index < -0.39 is 0 Å². The highest BCUT2D eigenvalue weighted by molar-refractivity contribution is 6.05. The fraction of sp³-hybridized carbons (Fsp3) is 0.211. The highest BCUT2D eigenvalue weighted by Crippen LogP contribution is 2.48. The van der Waals surface area contributed by atoms with Gasteiger partial charge in [0.1, 0.15) is 23.0 Å². The number of ether oxygens (including phenoxy) is 1. The third-order valence-electron chi connectivity index (χ3n) is 4.40. The van der Waals surface area contributed by atoms with E-state index in [9.17, 15) is 15.0 Å². The van der Waals surface area contributed by atoms with Gasteiger partial charge in [-0.2, -0.15) is 0 Å². The number of phenols is 2. The zero-order valence-electron chi connectivity index (χ0n) is 13.2. The normalized spacial score (nSPS) is 12.0. The Bertz CT molecular complexity index is 1020. The molecule has 2 heterocycles. The van der Waals surface area contributed by atoms with Crippen molar-refractivity contribution in [3.05, 3.63) is 46.9 Å². The van der Waals surface area contributed by atoms with E-state index in [1.165, 1.54) is 6.07 Å². The van der Waals surface area contributed by atoms with Crippen molar-refractivity contribution < 1.29 is 14.9 Å². The molecule has 0 amide bonds. The van der Waals surface area contributed by atoms with Crippen molar-refractivity contribution in [2.45, 2.75) is 26.3 Å². The van der Waals surface area contributed by atoms with E-state index >= 15 is 0 Å². The van der Waals surface area contributed by atoms with Crippen molar-refractivity contribution in [3.63, 3.8) is 0 Å². The minimum absolute atomic E-state index is 0.0574. The van der Waals surface area contributed by atoms with Crippen molar-refractivity contribution in [2.75, 3.05) is 0 Å². The summed E-state index contributed by atoms with van der Waals surface area (Å²) in [6, 6.07) is 8.03. The molecule has 5 nitrogen and oxygen atoms in total. The van der Waals surface area contributed by atoms with Gasteiger partial charge in [-0.1, -0.05) is 13.3 Å². The highest BCUT2D eigenvalue weighted by Gasteiger charge is 2.24. The standard InChI is InChI=1S/C19H17NO4/c1-2-3-8-20-10-13-12-9-11(21)4-6-15(12)24-16-7-5-14(22)18(17(13)16)19(20)23/h4-7,9-10,21-22H,2-3,8H2,1H3. The molecule has 2 aromatic carbocycles. The summed E-state index contributed by atoms with van der Waals surface area (Å²) in [4.78, 5) is 12.8. The first-order chi connectivity index (χ1) is 11.6. The molecular weight excluding hydrogens is 306 g/mol. The SMILES string of the molecule is CCCCn1cc2c3c(ccc(O)c3c1=O)Oc1ccc(O)cc1-2. The molecule has 0 bridgehead atoms. The lowest BCUT2D eigenvalue weighted by molar-refractivity contribution is 0.462. The second-order valence-corrected chi connectivity index (χ2v) is 6.01. The molecule has 0 atom stereocenters. The molecule has 24 heavy (non-hydrogen) atoms. The van der Waals surface area contributed by atoms with Crippen LogP contribution in [0.15, 0.2) is 41.3 Å². The minimum Gasteiger partial charge on any atom is -0.508 e. The van der Waals surface area contributed by atoms with Crippen LogP contribution in [0.5, 0.6) is 23.0 Å². The third-order valence-corrected chi connectivity index (χ3v) is 4.40. The van der Waals surface area contributed by atoms with Crippen LogP contribution in [0.2, 0.25) is 0 Å². The Hall–Kier alpha value is -2.95. The van der Waals surface area contributed by atoms with Crippen molar-refractivity contribution in [3.8, 4) is 34.1 Å². The lowest BCUT2D eigenvalue weighted by Gasteiger charge is -2.22. The first kappa shape index (κ1) is 14.6. The van der Waals surface area contributed by atoms with Gasteiger partial charge < -0.3 is 19.5 Å². The maximum absolute atomic E-state index is 12.8. The van der Waals surface area contributed by atoms with Crippen LogP contribution < -0.4 is 10.3 Å². The summed E-state index contributed by atoms with van der Waals surface area (Å²) < 4.78 is 7.49. The van der Waals surface area contributed by atoms with E-state index in [1.807, 2.05) is 0 Å². The summed E-state index contributed by atoms with van der Waals surface area (Å²) in [6.07, 6.45) is 3.63. The summed E-state index contributed by atoms with van der Waals surface area (Å²) in [5, 5.41) is 20.9. The molecule has 5 heteroatoms. The van der Waals surface area contributed by atoms with Crippen LogP contribution in [-0.4, -0.2) is 14.8 Å². The number of aryl methyl sites for hydroxylation is 1. The molecule has 3 aromatic rings. The lowest BCUT2D eigenvalue weighted by atomic mass is 9.96. The van der Waals surface area contributed by atoms with Crippen LogP contribution in [0.1, 0.15) is 19.8 Å². The molecule has 1 aromatic heterocycles. The van der Waals surface area contributed by atoms with Gasteiger partial charge >= 0.3 is 0 Å². The quantitative estimate of drug-likeness (QED) is 0.598. The Labute approximate surface area is 138 Å². The molecule has 122 valence electrons. The van der Waals surface area contributed by atoms with Crippen LogP contribution in [0.4, 0.5) is 0 Å². The van der Waals surface area contributed by atoms with Crippen LogP contribution in [-0.2, 0) is 6.54 Å². The monoisotopic (exact) mass is 323 g/mol. The van der Waals surface area contributed by atoms with E-state index in [-0.39, 0.29) is 22.4 Å². The predicted molar refractivity (Wildman–Crippen MR) is 92.0 cm³/mol. The van der Waals surface area contributed by atoms with Crippen LogP contribution in [0, 0.1) is 0 Å². The smallest absolute Gasteiger partial charge is 0.262 e. The molecule has 4 rings (SSSR count). The Morgan fingerprint density at radius 3 is 2.62 bits per heavy atom. The van der Waals surface area contributed by atoms with Gasteiger partial charge in [0.15, 0.2) is 0 Å². The minimum atomic E-state index is -0.228. The fourth-order valence-corrected chi connectivity index (χ4v) is 3.20. The zero-order valence-corrected chi connectivity index (χ0v) is 13.2. The molecule has 0 saturated carbocycles. The zero-order chi connectivity index (χ0) is 16.8. The molecule has 0 spiro atoms. The number of rotatable bonds is 3. The molecule has 0 aliphatic carbocycles. The average molecular weight is 323 g/mol. The summed E-state index contributed by atoms with van der Waals surface area (Å²) in [5.74, 6) is 1.22. The van der Waals surface area contributed by atoms with Crippen molar-refractivity contribution >= 4 is 10.8 Å². The van der Waals surface area contributed by atoms with E-state index in [0.29, 0.717) is 29.0 Å². The van der Waals surface area contributed by atoms with Gasteiger partial charge in [-0.05, 0) is 36.8 Å². The van der Waals surface area contributed by atoms with E-state index in [0.717, 1.165) is 18.4 Å². The van der Waals surface area contributed by atoms with Gasteiger partial charge in [0.05, 0.1) is 5.39 Å². The average Bonchev–Trinajstić information content (AvgIpc) is 2.58. The molecular formula is C19H17NO4. The van der Waals surface area contributed by atoms with E-state index in [1.54, 1.807) is 35.0 Å². The number of hydrogen-bond donors (Lipinski definition) is 2. The number of benzene rings is 2. The Kier molecular flexibility index (Phi) is 3.23. The highest BCUT2D eigenvalue weighted by atomic mass is 16.5. The molecule has 0 saturated heterocycles. The summed E-state index contributed by atoms with van der Waals surface area (Å²) in [6.45, 7) is 2.64. The number of fused-ring (bicyclic) bond motifs is 2. The second-order valence-electron chi connectivity index (χ2n) is 6.01. The van der Waals surface area contributed by atoms with Gasteiger partial charge in [0.25, 0.3) is 5.56 Å². The first-order valence-corrected chi connectivity index (χ1v) is 8.00. The number of nitrogens with zero attached hydrogens (tertiary/aromatic N) is 1. The van der Waals surface area contributed by atoms with Gasteiger partial charge in [0, 0.05) is 29.3 Å². The number of hydrogen-bond acceptors (Lipinski definition) is 4. The molecule has 0 fully saturated rings. The number of phenolic OH excluding ortho intramolecular Hbond substituents is 2. The largest absolute Gasteiger partial charge is 0.508 e. The fourth-order valence-electron chi connectivity index (χ4n) is 3.20. The van der Waals surface area contributed by atoms with Gasteiger partial charge in [0.2, 0.25) is 0 Å². The van der Waals surface area contributed by atoms with Crippen LogP contribution in [0.25, 0.3) is 21.9 Å². The third kappa shape index (κ3) is 2.05. The topological polar surface area (TPSA) is 71.7 Å². The van der Waals surface area contributed by atoms with E-state index in [2.05, 4.69) is 6.92 Å². The number of aromatic hydroxyl groups is 2.